The van der Waals surface area contributed by atoms with E-state index in [0.29, 0.717) is 18.5 Å². The van der Waals surface area contributed by atoms with Crippen molar-refractivity contribution in [2.24, 2.45) is 5.92 Å². The van der Waals surface area contributed by atoms with Crippen LogP contribution in [0, 0.1) is 5.92 Å². The van der Waals surface area contributed by atoms with Crippen molar-refractivity contribution in [1.82, 2.24) is 10.2 Å². The van der Waals surface area contributed by atoms with Gasteiger partial charge in [-0.1, -0.05) is 19.3 Å². The standard InChI is InChI=1S/C15H28N2O/c1-13(14-8-4-2-5-9-14)16-12-15(18)17-10-6-3-7-11-17/h13-14,16H,2-12H2,1H3. The van der Waals surface area contributed by atoms with Crippen LogP contribution < -0.4 is 5.32 Å². The van der Waals surface area contributed by atoms with Crippen molar-refractivity contribution in [2.45, 2.75) is 64.3 Å². The summed E-state index contributed by atoms with van der Waals surface area (Å²) in [5.74, 6) is 1.09. The molecule has 2 fully saturated rings. The van der Waals surface area contributed by atoms with Crippen LogP contribution in [0.15, 0.2) is 0 Å². The molecule has 1 N–H and O–H groups in total. The highest BCUT2D eigenvalue weighted by Gasteiger charge is 2.21. The van der Waals surface area contributed by atoms with Crippen LogP contribution in [0.25, 0.3) is 0 Å². The number of nitrogens with zero attached hydrogens (tertiary/aromatic N) is 1. The Morgan fingerprint density at radius 1 is 1.11 bits per heavy atom. The van der Waals surface area contributed by atoms with Crippen molar-refractivity contribution in [3.8, 4) is 0 Å². The fourth-order valence-electron chi connectivity index (χ4n) is 3.30. The Kier molecular flexibility index (Phi) is 5.48. The summed E-state index contributed by atoms with van der Waals surface area (Å²) in [7, 11) is 0. The largest absolute Gasteiger partial charge is 0.342 e. The number of carbonyl (C=O) groups excluding carboxylic acids is 1. The molecule has 0 aromatic carbocycles. The van der Waals surface area contributed by atoms with E-state index in [1.54, 1.807) is 0 Å². The van der Waals surface area contributed by atoms with Gasteiger partial charge in [0, 0.05) is 19.1 Å². The predicted molar refractivity (Wildman–Crippen MR) is 74.5 cm³/mol. The van der Waals surface area contributed by atoms with E-state index in [9.17, 15) is 4.79 Å². The Labute approximate surface area is 111 Å². The van der Waals surface area contributed by atoms with Gasteiger partial charge in [-0.05, 0) is 44.9 Å². The minimum atomic E-state index is 0.303. The lowest BCUT2D eigenvalue weighted by atomic mass is 9.84. The molecule has 2 aliphatic rings. The van der Waals surface area contributed by atoms with Gasteiger partial charge in [0.2, 0.25) is 5.91 Å². The third-order valence-electron chi connectivity index (χ3n) is 4.64. The van der Waals surface area contributed by atoms with Crippen LogP contribution in [-0.4, -0.2) is 36.5 Å². The molecular weight excluding hydrogens is 224 g/mol. The summed E-state index contributed by atoms with van der Waals surface area (Å²) >= 11 is 0. The second-order valence-corrected chi connectivity index (χ2v) is 6.01. The van der Waals surface area contributed by atoms with Gasteiger partial charge in [0.1, 0.15) is 0 Å². The lowest BCUT2D eigenvalue weighted by Gasteiger charge is -2.30. The fraction of sp³-hybridized carbons (Fsp3) is 0.933. The molecule has 0 bridgehead atoms. The Hall–Kier alpha value is -0.570. The maximum atomic E-state index is 12.0. The molecule has 1 aliphatic carbocycles. The average Bonchev–Trinajstić information content (AvgIpc) is 2.46. The predicted octanol–water partition coefficient (Wildman–Crippen LogP) is 2.56. The molecule has 2 rings (SSSR count). The van der Waals surface area contributed by atoms with Crippen molar-refractivity contribution >= 4 is 5.91 Å². The average molecular weight is 252 g/mol. The quantitative estimate of drug-likeness (QED) is 0.834. The fourth-order valence-corrected chi connectivity index (χ4v) is 3.30. The van der Waals surface area contributed by atoms with Crippen molar-refractivity contribution in [2.75, 3.05) is 19.6 Å². The second-order valence-electron chi connectivity index (χ2n) is 6.01. The molecule has 1 unspecified atom stereocenters. The van der Waals surface area contributed by atoms with Gasteiger partial charge in [-0.15, -0.1) is 0 Å². The van der Waals surface area contributed by atoms with Gasteiger partial charge in [0.15, 0.2) is 0 Å². The number of hydrogen-bond acceptors (Lipinski definition) is 2. The molecule has 1 amide bonds. The molecule has 3 heteroatoms. The highest BCUT2D eigenvalue weighted by atomic mass is 16.2. The number of rotatable bonds is 4. The molecule has 0 aromatic heterocycles. The third kappa shape index (κ3) is 3.98. The second kappa shape index (κ2) is 7.13. The number of amides is 1. The molecule has 1 heterocycles. The van der Waals surface area contributed by atoms with Crippen molar-refractivity contribution in [1.29, 1.82) is 0 Å². The number of piperidine rings is 1. The van der Waals surface area contributed by atoms with Gasteiger partial charge in [0.05, 0.1) is 6.54 Å². The van der Waals surface area contributed by atoms with Gasteiger partial charge in [-0.2, -0.15) is 0 Å². The number of hydrogen-bond donors (Lipinski definition) is 1. The van der Waals surface area contributed by atoms with Crippen molar-refractivity contribution in [3.63, 3.8) is 0 Å². The van der Waals surface area contributed by atoms with Gasteiger partial charge in [-0.3, -0.25) is 4.79 Å². The van der Waals surface area contributed by atoms with E-state index in [-0.39, 0.29) is 0 Å². The monoisotopic (exact) mass is 252 g/mol. The van der Waals surface area contributed by atoms with E-state index >= 15 is 0 Å². The van der Waals surface area contributed by atoms with Crippen LogP contribution >= 0.6 is 0 Å². The molecule has 0 radical (unpaired) electrons. The van der Waals surface area contributed by atoms with Crippen LogP contribution in [0.1, 0.15) is 58.3 Å². The van der Waals surface area contributed by atoms with E-state index in [1.807, 2.05) is 4.90 Å². The van der Waals surface area contributed by atoms with E-state index in [2.05, 4.69) is 12.2 Å². The molecular formula is C15H28N2O. The first-order chi connectivity index (χ1) is 8.77. The molecule has 0 spiro atoms. The lowest BCUT2D eigenvalue weighted by Crippen LogP contribution is -2.45. The molecule has 3 nitrogen and oxygen atoms in total. The third-order valence-corrected chi connectivity index (χ3v) is 4.64. The van der Waals surface area contributed by atoms with Crippen LogP contribution in [0.4, 0.5) is 0 Å². The zero-order valence-corrected chi connectivity index (χ0v) is 11.8. The summed E-state index contributed by atoms with van der Waals surface area (Å²) in [6.45, 7) is 4.73. The maximum absolute atomic E-state index is 12.0. The molecule has 0 aromatic rings. The summed E-state index contributed by atoms with van der Waals surface area (Å²) in [4.78, 5) is 14.1. The first-order valence-electron chi connectivity index (χ1n) is 7.78. The summed E-state index contributed by atoms with van der Waals surface area (Å²) in [6.07, 6.45) is 10.5. The first-order valence-corrected chi connectivity index (χ1v) is 7.78. The Bertz CT molecular complexity index is 255. The van der Waals surface area contributed by atoms with Crippen molar-refractivity contribution < 1.29 is 4.79 Å². The molecule has 1 saturated heterocycles. The van der Waals surface area contributed by atoms with Crippen LogP contribution in [0.2, 0.25) is 0 Å². The van der Waals surface area contributed by atoms with Crippen LogP contribution in [0.5, 0.6) is 0 Å². The molecule has 1 atom stereocenters. The SMILES string of the molecule is CC(NCC(=O)N1CCCCC1)C1CCCCC1. The zero-order chi connectivity index (χ0) is 12.8. The number of nitrogens with one attached hydrogen (secondary N) is 1. The number of likely N-dealkylation sites (tertiary alicyclic amines) is 1. The molecule has 104 valence electrons. The van der Waals surface area contributed by atoms with Gasteiger partial charge >= 0.3 is 0 Å². The maximum Gasteiger partial charge on any atom is 0.236 e. The molecule has 1 aliphatic heterocycles. The minimum absolute atomic E-state index is 0.303. The van der Waals surface area contributed by atoms with E-state index < -0.39 is 0 Å². The Morgan fingerprint density at radius 3 is 2.39 bits per heavy atom. The van der Waals surface area contributed by atoms with Crippen LogP contribution in [0.3, 0.4) is 0 Å². The minimum Gasteiger partial charge on any atom is -0.342 e. The van der Waals surface area contributed by atoms with Crippen molar-refractivity contribution in [3.05, 3.63) is 0 Å². The summed E-state index contributed by atoms with van der Waals surface area (Å²) in [5, 5.41) is 3.46. The van der Waals surface area contributed by atoms with Gasteiger partial charge in [-0.25, -0.2) is 0 Å². The van der Waals surface area contributed by atoms with Gasteiger partial charge < -0.3 is 10.2 Å². The van der Waals surface area contributed by atoms with Gasteiger partial charge in [0.25, 0.3) is 0 Å². The lowest BCUT2D eigenvalue weighted by molar-refractivity contribution is -0.131. The van der Waals surface area contributed by atoms with E-state index in [4.69, 9.17) is 0 Å². The zero-order valence-electron chi connectivity index (χ0n) is 11.8. The highest BCUT2D eigenvalue weighted by Crippen LogP contribution is 2.26. The number of carbonyl (C=O) groups is 1. The molecule has 18 heavy (non-hydrogen) atoms. The van der Waals surface area contributed by atoms with Crippen LogP contribution in [-0.2, 0) is 4.79 Å². The Balaban J connectivity index is 1.67. The molecule has 1 saturated carbocycles. The normalized spacial score (nSPS) is 23.9. The smallest absolute Gasteiger partial charge is 0.236 e. The summed E-state index contributed by atoms with van der Waals surface area (Å²) < 4.78 is 0. The first kappa shape index (κ1) is 13.9. The summed E-state index contributed by atoms with van der Waals surface area (Å²) in [5.41, 5.74) is 0. The highest BCUT2D eigenvalue weighted by molar-refractivity contribution is 5.78. The van der Waals surface area contributed by atoms with E-state index in [0.717, 1.165) is 19.0 Å². The topological polar surface area (TPSA) is 32.3 Å². The van der Waals surface area contributed by atoms with E-state index in [1.165, 1.54) is 51.4 Å². The Morgan fingerprint density at radius 2 is 1.72 bits per heavy atom. The summed E-state index contributed by atoms with van der Waals surface area (Å²) in [6, 6.07) is 0.499.